The van der Waals surface area contributed by atoms with Crippen LogP contribution in [-0.4, -0.2) is 22.3 Å². The summed E-state index contributed by atoms with van der Waals surface area (Å²) in [5.74, 6) is -0.267. The first-order valence-corrected chi connectivity index (χ1v) is 8.28. The number of nitrogens with one attached hydrogen (secondary N) is 2. The monoisotopic (exact) mass is 330 g/mol. The summed E-state index contributed by atoms with van der Waals surface area (Å²) in [5.41, 5.74) is 9.37. The maximum Gasteiger partial charge on any atom is 0.289 e. The minimum atomic E-state index is -0.267. The summed E-state index contributed by atoms with van der Waals surface area (Å²) in [6, 6.07) is 16.1. The van der Waals surface area contributed by atoms with Gasteiger partial charge in [-0.15, -0.1) is 0 Å². The molecular formula is C20H18N4O. The van der Waals surface area contributed by atoms with Gasteiger partial charge in [0.1, 0.15) is 5.69 Å². The normalized spacial score (nSPS) is 12.7. The molecule has 1 amide bonds. The zero-order valence-corrected chi connectivity index (χ0v) is 13.9. The number of benzene rings is 2. The lowest BCUT2D eigenvalue weighted by Crippen LogP contribution is -2.20. The third-order valence-corrected chi connectivity index (χ3v) is 4.43. The number of carbonyl (C=O) groups is 1. The molecule has 1 aromatic heterocycles. The van der Waals surface area contributed by atoms with Crippen molar-refractivity contribution < 1.29 is 4.79 Å². The zero-order valence-electron chi connectivity index (χ0n) is 13.9. The number of hydrazone groups is 1. The fourth-order valence-electron chi connectivity index (χ4n) is 3.22. The first-order valence-electron chi connectivity index (χ1n) is 8.28. The van der Waals surface area contributed by atoms with Crippen LogP contribution < -0.4 is 5.43 Å². The standard InChI is InChI=1S/C20H18N4O/c1-13-5-4-6-14(11-13)12-21-24-20(25)19-17-10-9-15-7-2-3-8-16(15)18(17)22-23-19/h2-8,11-12H,9-10H2,1H3,(H,22,23)(H,24,25). The Labute approximate surface area is 145 Å². The predicted octanol–water partition coefficient (Wildman–Crippen LogP) is 3.25. The van der Waals surface area contributed by atoms with Crippen LogP contribution in [0.15, 0.2) is 53.6 Å². The van der Waals surface area contributed by atoms with Crippen molar-refractivity contribution in [2.24, 2.45) is 5.10 Å². The molecule has 0 saturated carbocycles. The van der Waals surface area contributed by atoms with E-state index in [-0.39, 0.29) is 5.91 Å². The highest BCUT2D eigenvalue weighted by Crippen LogP contribution is 2.33. The molecule has 2 aromatic carbocycles. The molecule has 1 aliphatic carbocycles. The van der Waals surface area contributed by atoms with Crippen molar-refractivity contribution in [3.63, 3.8) is 0 Å². The largest absolute Gasteiger partial charge is 0.289 e. The lowest BCUT2D eigenvalue weighted by molar-refractivity contribution is 0.0949. The number of fused-ring (bicyclic) bond motifs is 3. The van der Waals surface area contributed by atoms with Crippen LogP contribution in [0.3, 0.4) is 0 Å². The van der Waals surface area contributed by atoms with Crippen LogP contribution in [0.1, 0.15) is 32.7 Å². The number of aromatic nitrogens is 2. The average molecular weight is 330 g/mol. The smallest absolute Gasteiger partial charge is 0.272 e. The minimum absolute atomic E-state index is 0.267. The van der Waals surface area contributed by atoms with Gasteiger partial charge in [-0.25, -0.2) is 5.43 Å². The number of hydrogen-bond donors (Lipinski definition) is 2. The summed E-state index contributed by atoms with van der Waals surface area (Å²) in [6.07, 6.45) is 3.35. The van der Waals surface area contributed by atoms with Gasteiger partial charge in [-0.1, -0.05) is 54.1 Å². The van der Waals surface area contributed by atoms with Crippen LogP contribution in [0.5, 0.6) is 0 Å². The molecule has 5 heteroatoms. The van der Waals surface area contributed by atoms with Gasteiger partial charge in [-0.2, -0.15) is 10.2 Å². The van der Waals surface area contributed by atoms with E-state index in [4.69, 9.17) is 0 Å². The molecule has 1 heterocycles. The molecule has 2 N–H and O–H groups in total. The third-order valence-electron chi connectivity index (χ3n) is 4.43. The molecule has 0 spiro atoms. The summed E-state index contributed by atoms with van der Waals surface area (Å²) in [6.45, 7) is 2.02. The van der Waals surface area contributed by atoms with E-state index in [1.807, 2.05) is 49.4 Å². The topological polar surface area (TPSA) is 70.1 Å². The lowest BCUT2D eigenvalue weighted by Gasteiger charge is -2.15. The first-order chi connectivity index (χ1) is 12.2. The number of amides is 1. The molecule has 0 atom stereocenters. The number of aromatic amines is 1. The molecule has 0 bridgehead atoms. The van der Waals surface area contributed by atoms with Crippen LogP contribution in [0.25, 0.3) is 11.3 Å². The molecular weight excluding hydrogens is 312 g/mol. The molecule has 0 radical (unpaired) electrons. The average Bonchev–Trinajstić information content (AvgIpc) is 3.06. The van der Waals surface area contributed by atoms with Crippen molar-refractivity contribution in [2.45, 2.75) is 19.8 Å². The van der Waals surface area contributed by atoms with E-state index in [9.17, 15) is 4.79 Å². The molecule has 0 aliphatic heterocycles. The maximum absolute atomic E-state index is 12.5. The first kappa shape index (κ1) is 15.3. The van der Waals surface area contributed by atoms with Crippen LogP contribution in [-0.2, 0) is 12.8 Å². The Hall–Kier alpha value is -3.21. The molecule has 5 nitrogen and oxygen atoms in total. The van der Waals surface area contributed by atoms with E-state index >= 15 is 0 Å². The summed E-state index contributed by atoms with van der Waals surface area (Å²) < 4.78 is 0. The van der Waals surface area contributed by atoms with Crippen molar-refractivity contribution in [3.05, 3.63) is 76.5 Å². The Kier molecular flexibility index (Phi) is 3.90. The van der Waals surface area contributed by atoms with Gasteiger partial charge in [0.25, 0.3) is 5.91 Å². The van der Waals surface area contributed by atoms with Gasteiger partial charge in [0.15, 0.2) is 0 Å². The minimum Gasteiger partial charge on any atom is -0.272 e. The molecule has 0 fully saturated rings. The van der Waals surface area contributed by atoms with E-state index in [1.165, 1.54) is 5.56 Å². The van der Waals surface area contributed by atoms with Gasteiger partial charge >= 0.3 is 0 Å². The van der Waals surface area contributed by atoms with Gasteiger partial charge in [0.2, 0.25) is 0 Å². The second-order valence-corrected chi connectivity index (χ2v) is 6.20. The molecule has 25 heavy (non-hydrogen) atoms. The molecule has 1 aliphatic rings. The van der Waals surface area contributed by atoms with Gasteiger partial charge in [0, 0.05) is 11.1 Å². The van der Waals surface area contributed by atoms with Crippen molar-refractivity contribution in [1.82, 2.24) is 15.6 Å². The van der Waals surface area contributed by atoms with E-state index < -0.39 is 0 Å². The number of aryl methyl sites for hydroxylation is 2. The molecule has 4 rings (SSSR count). The summed E-state index contributed by atoms with van der Waals surface area (Å²) in [7, 11) is 0. The molecule has 0 saturated heterocycles. The number of hydrogen-bond acceptors (Lipinski definition) is 3. The van der Waals surface area contributed by atoms with Crippen molar-refractivity contribution in [3.8, 4) is 11.3 Å². The summed E-state index contributed by atoms with van der Waals surface area (Å²) >= 11 is 0. The fourth-order valence-corrected chi connectivity index (χ4v) is 3.22. The Morgan fingerprint density at radius 2 is 2.08 bits per heavy atom. The second-order valence-electron chi connectivity index (χ2n) is 6.20. The van der Waals surface area contributed by atoms with Gasteiger partial charge in [-0.3, -0.25) is 9.89 Å². The number of carbonyl (C=O) groups excluding carboxylic acids is 1. The van der Waals surface area contributed by atoms with Crippen LogP contribution in [0, 0.1) is 6.92 Å². The second kappa shape index (κ2) is 6.36. The van der Waals surface area contributed by atoms with Crippen LogP contribution in [0.4, 0.5) is 0 Å². The third kappa shape index (κ3) is 2.96. The van der Waals surface area contributed by atoms with Crippen molar-refractivity contribution in [2.75, 3.05) is 0 Å². The highest BCUT2D eigenvalue weighted by Gasteiger charge is 2.24. The van der Waals surface area contributed by atoms with Gasteiger partial charge in [0.05, 0.1) is 11.9 Å². The SMILES string of the molecule is Cc1cccc(C=NNC(=O)c2[nH]nc3c2CCc2ccccc2-3)c1. The molecule has 124 valence electrons. The Bertz CT molecular complexity index is 971. The Morgan fingerprint density at radius 3 is 2.96 bits per heavy atom. The Balaban J connectivity index is 1.54. The van der Waals surface area contributed by atoms with Crippen molar-refractivity contribution >= 4 is 12.1 Å². The van der Waals surface area contributed by atoms with E-state index in [1.54, 1.807) is 6.21 Å². The van der Waals surface area contributed by atoms with Crippen molar-refractivity contribution in [1.29, 1.82) is 0 Å². The van der Waals surface area contributed by atoms with Crippen LogP contribution >= 0.6 is 0 Å². The van der Waals surface area contributed by atoms with E-state index in [0.29, 0.717) is 5.69 Å². The lowest BCUT2D eigenvalue weighted by atomic mass is 9.89. The molecule has 0 unspecified atom stereocenters. The Morgan fingerprint density at radius 1 is 1.20 bits per heavy atom. The van der Waals surface area contributed by atoms with E-state index in [2.05, 4.69) is 26.8 Å². The highest BCUT2D eigenvalue weighted by atomic mass is 16.2. The fraction of sp³-hybridized carbons (Fsp3) is 0.150. The number of rotatable bonds is 3. The zero-order chi connectivity index (χ0) is 17.2. The number of H-pyrrole nitrogens is 1. The molecule has 3 aromatic rings. The quantitative estimate of drug-likeness (QED) is 0.572. The summed E-state index contributed by atoms with van der Waals surface area (Å²) in [4.78, 5) is 12.5. The number of nitrogens with zero attached hydrogens (tertiary/aromatic N) is 2. The van der Waals surface area contributed by atoms with E-state index in [0.717, 1.165) is 40.8 Å². The predicted molar refractivity (Wildman–Crippen MR) is 97.7 cm³/mol. The van der Waals surface area contributed by atoms with Crippen LogP contribution in [0.2, 0.25) is 0 Å². The summed E-state index contributed by atoms with van der Waals surface area (Å²) in [5, 5.41) is 11.3. The maximum atomic E-state index is 12.5. The highest BCUT2D eigenvalue weighted by molar-refractivity contribution is 5.96. The van der Waals surface area contributed by atoms with Gasteiger partial charge in [-0.05, 0) is 30.9 Å². The van der Waals surface area contributed by atoms with Gasteiger partial charge < -0.3 is 0 Å².